The Kier molecular flexibility index (Phi) is 6.89. The van der Waals surface area contributed by atoms with Gasteiger partial charge in [0.05, 0.1) is 6.04 Å². The minimum absolute atomic E-state index is 0.0600. The van der Waals surface area contributed by atoms with Crippen molar-refractivity contribution in [1.29, 1.82) is 0 Å². The second-order valence-corrected chi connectivity index (χ2v) is 7.74. The van der Waals surface area contributed by atoms with Gasteiger partial charge < -0.3 is 20.1 Å². The molecule has 1 fully saturated rings. The van der Waals surface area contributed by atoms with E-state index in [1.165, 1.54) is 0 Å². The summed E-state index contributed by atoms with van der Waals surface area (Å²) in [5.74, 6) is -1.35. The Bertz CT molecular complexity index is 921. The lowest BCUT2D eigenvalue weighted by Crippen LogP contribution is -2.40. The molecule has 0 saturated carbocycles. The van der Waals surface area contributed by atoms with Crippen LogP contribution >= 0.6 is 0 Å². The van der Waals surface area contributed by atoms with Crippen LogP contribution in [0, 0.1) is 0 Å². The fourth-order valence-electron chi connectivity index (χ4n) is 3.66. The van der Waals surface area contributed by atoms with Gasteiger partial charge in [0.1, 0.15) is 0 Å². The molecule has 0 radical (unpaired) electrons. The number of carbonyl (C=O) groups is 3. The average Bonchev–Trinajstić information content (AvgIpc) is 3.14. The second kappa shape index (κ2) is 9.58. The minimum atomic E-state index is -0.735. The number of amides is 3. The quantitative estimate of drug-likeness (QED) is 0.711. The van der Waals surface area contributed by atoms with Gasteiger partial charge in [0, 0.05) is 49.8 Å². The predicted molar refractivity (Wildman–Crippen MR) is 116 cm³/mol. The molecule has 8 heteroatoms. The highest BCUT2D eigenvalue weighted by Gasteiger charge is 2.22. The Morgan fingerprint density at radius 3 is 2.60 bits per heavy atom. The van der Waals surface area contributed by atoms with Crippen LogP contribution in [0.4, 0.5) is 11.4 Å². The number of rotatable bonds is 6. The maximum Gasteiger partial charge on any atom is 0.313 e. The van der Waals surface area contributed by atoms with E-state index in [9.17, 15) is 14.4 Å². The number of nitrogens with one attached hydrogen (secondary N) is 2. The summed E-state index contributed by atoms with van der Waals surface area (Å²) in [4.78, 5) is 40.6. The summed E-state index contributed by atoms with van der Waals surface area (Å²) in [6.45, 7) is 0.973. The summed E-state index contributed by atoms with van der Waals surface area (Å²) >= 11 is 0. The topological polar surface area (TPSA) is 86.7 Å². The van der Waals surface area contributed by atoms with Gasteiger partial charge in [0.25, 0.3) is 0 Å². The fraction of sp³-hybridized carbons (Fsp3) is 0.409. The van der Waals surface area contributed by atoms with Crippen LogP contribution < -0.4 is 15.5 Å². The highest BCUT2D eigenvalue weighted by atomic mass is 16.2. The number of hydrogen-bond donors (Lipinski definition) is 2. The standard InChI is InChI=1S/C22H29N5O3/c1-25(2)19(18-10-7-12-26(18)3)15-23-21(29)22(30)24-16-8-6-9-17(14-16)27-13-5-4-11-20(27)28/h6-10,12,14,19H,4-5,11,13,15H2,1-3H3,(H,23,29)(H,24,30). The molecule has 0 spiro atoms. The molecular formula is C22H29N5O3. The van der Waals surface area contributed by atoms with Gasteiger partial charge in [-0.15, -0.1) is 0 Å². The van der Waals surface area contributed by atoms with Crippen molar-refractivity contribution >= 4 is 29.1 Å². The Morgan fingerprint density at radius 2 is 1.93 bits per heavy atom. The lowest BCUT2D eigenvalue weighted by molar-refractivity contribution is -0.136. The zero-order chi connectivity index (χ0) is 21.7. The van der Waals surface area contributed by atoms with Crippen LogP contribution in [0.1, 0.15) is 31.0 Å². The van der Waals surface area contributed by atoms with E-state index in [0.29, 0.717) is 25.2 Å². The van der Waals surface area contributed by atoms with E-state index in [2.05, 4.69) is 10.6 Å². The second-order valence-electron chi connectivity index (χ2n) is 7.74. The van der Waals surface area contributed by atoms with Crippen LogP contribution in [0.3, 0.4) is 0 Å². The van der Waals surface area contributed by atoms with Crippen LogP contribution in [0.25, 0.3) is 0 Å². The Balaban J connectivity index is 1.60. The maximum absolute atomic E-state index is 12.4. The van der Waals surface area contributed by atoms with Crippen LogP contribution in [-0.4, -0.2) is 54.4 Å². The molecule has 1 aromatic carbocycles. The first-order chi connectivity index (χ1) is 14.4. The fourth-order valence-corrected chi connectivity index (χ4v) is 3.66. The molecule has 1 aliphatic heterocycles. The third-order valence-electron chi connectivity index (χ3n) is 5.35. The molecule has 2 heterocycles. The molecule has 0 aliphatic carbocycles. The van der Waals surface area contributed by atoms with Crippen LogP contribution in [0.5, 0.6) is 0 Å². The zero-order valence-corrected chi connectivity index (χ0v) is 17.7. The summed E-state index contributed by atoms with van der Waals surface area (Å²) in [5.41, 5.74) is 2.26. The van der Waals surface area contributed by atoms with Gasteiger partial charge in [0.15, 0.2) is 0 Å². The number of nitrogens with zero attached hydrogens (tertiary/aromatic N) is 3. The van der Waals surface area contributed by atoms with Gasteiger partial charge in [-0.3, -0.25) is 19.3 Å². The number of anilines is 2. The summed E-state index contributed by atoms with van der Waals surface area (Å²) in [5, 5.41) is 5.34. The van der Waals surface area contributed by atoms with Crippen molar-refractivity contribution in [2.24, 2.45) is 7.05 Å². The SMILES string of the molecule is CN(C)C(CNC(=O)C(=O)Nc1cccc(N2CCCCC2=O)c1)c1cccn1C. The highest BCUT2D eigenvalue weighted by Crippen LogP contribution is 2.24. The van der Waals surface area contributed by atoms with E-state index in [0.717, 1.165) is 24.2 Å². The zero-order valence-electron chi connectivity index (χ0n) is 17.7. The minimum Gasteiger partial charge on any atom is -0.353 e. The Hall–Kier alpha value is -3.13. The number of hydrogen-bond acceptors (Lipinski definition) is 4. The van der Waals surface area contributed by atoms with Gasteiger partial charge in [0.2, 0.25) is 5.91 Å². The van der Waals surface area contributed by atoms with Gasteiger partial charge in [-0.1, -0.05) is 6.07 Å². The molecule has 0 bridgehead atoms. The molecule has 1 aliphatic rings. The summed E-state index contributed by atoms with van der Waals surface area (Å²) < 4.78 is 1.99. The first-order valence-corrected chi connectivity index (χ1v) is 10.1. The molecule has 1 aromatic heterocycles. The molecular weight excluding hydrogens is 382 g/mol. The highest BCUT2D eigenvalue weighted by molar-refractivity contribution is 6.39. The molecule has 8 nitrogen and oxygen atoms in total. The van der Waals surface area contributed by atoms with E-state index in [1.807, 2.05) is 55.0 Å². The number of benzene rings is 1. The predicted octanol–water partition coefficient (Wildman–Crippen LogP) is 1.90. The number of aryl methyl sites for hydroxylation is 1. The van der Waals surface area contributed by atoms with Gasteiger partial charge >= 0.3 is 11.8 Å². The lowest BCUT2D eigenvalue weighted by atomic mass is 10.1. The van der Waals surface area contributed by atoms with Gasteiger partial charge in [-0.25, -0.2) is 0 Å². The number of likely N-dealkylation sites (N-methyl/N-ethyl adjacent to an activating group) is 1. The first kappa shape index (κ1) is 21.6. The molecule has 2 N–H and O–H groups in total. The van der Waals surface area contributed by atoms with E-state index >= 15 is 0 Å². The number of aromatic nitrogens is 1. The first-order valence-electron chi connectivity index (χ1n) is 10.1. The van der Waals surface area contributed by atoms with Gasteiger partial charge in [-0.05, 0) is 57.3 Å². The van der Waals surface area contributed by atoms with E-state index < -0.39 is 11.8 Å². The van der Waals surface area contributed by atoms with Crippen molar-refractivity contribution in [1.82, 2.24) is 14.8 Å². The number of piperidine rings is 1. The van der Waals surface area contributed by atoms with Crippen molar-refractivity contribution < 1.29 is 14.4 Å². The van der Waals surface area contributed by atoms with E-state index in [4.69, 9.17) is 0 Å². The smallest absolute Gasteiger partial charge is 0.313 e. The van der Waals surface area contributed by atoms with Crippen LogP contribution in [0.15, 0.2) is 42.6 Å². The molecule has 1 atom stereocenters. The molecule has 3 rings (SSSR count). The van der Waals surface area contributed by atoms with Crippen molar-refractivity contribution in [2.75, 3.05) is 37.4 Å². The van der Waals surface area contributed by atoms with Crippen molar-refractivity contribution in [3.8, 4) is 0 Å². The molecule has 3 amide bonds. The van der Waals surface area contributed by atoms with E-state index in [-0.39, 0.29) is 11.9 Å². The van der Waals surface area contributed by atoms with Crippen LogP contribution in [0.2, 0.25) is 0 Å². The summed E-state index contributed by atoms with van der Waals surface area (Å²) in [7, 11) is 5.80. The molecule has 1 saturated heterocycles. The van der Waals surface area contributed by atoms with E-state index in [1.54, 1.807) is 23.1 Å². The monoisotopic (exact) mass is 411 g/mol. The van der Waals surface area contributed by atoms with Gasteiger partial charge in [-0.2, -0.15) is 0 Å². The molecule has 2 aromatic rings. The molecule has 1 unspecified atom stereocenters. The third-order valence-corrected chi connectivity index (χ3v) is 5.35. The molecule has 30 heavy (non-hydrogen) atoms. The Labute approximate surface area is 176 Å². The van der Waals surface area contributed by atoms with Crippen LogP contribution in [-0.2, 0) is 21.4 Å². The van der Waals surface area contributed by atoms with Crippen molar-refractivity contribution in [3.05, 3.63) is 48.3 Å². The third kappa shape index (κ3) is 5.07. The van der Waals surface area contributed by atoms with Crippen molar-refractivity contribution in [2.45, 2.75) is 25.3 Å². The summed E-state index contributed by atoms with van der Waals surface area (Å²) in [6.07, 6.45) is 4.34. The summed E-state index contributed by atoms with van der Waals surface area (Å²) in [6, 6.07) is 10.9. The average molecular weight is 412 g/mol. The largest absolute Gasteiger partial charge is 0.353 e. The number of carbonyl (C=O) groups excluding carboxylic acids is 3. The Morgan fingerprint density at radius 1 is 1.13 bits per heavy atom. The lowest BCUT2D eigenvalue weighted by Gasteiger charge is -2.27. The van der Waals surface area contributed by atoms with Crippen molar-refractivity contribution in [3.63, 3.8) is 0 Å². The molecule has 160 valence electrons. The normalized spacial score (nSPS) is 15.2. The maximum atomic E-state index is 12.4.